The Labute approximate surface area is 162 Å². The summed E-state index contributed by atoms with van der Waals surface area (Å²) in [6, 6.07) is 28.1. The lowest BCUT2D eigenvalue weighted by Crippen LogP contribution is -2.22. The Bertz CT molecular complexity index is 799. The van der Waals surface area contributed by atoms with Gasteiger partial charge >= 0.3 is 0 Å². The smallest absolute Gasteiger partial charge is 0.103 e. The van der Waals surface area contributed by atoms with Gasteiger partial charge in [0, 0.05) is 24.5 Å². The molecule has 0 heterocycles. The van der Waals surface area contributed by atoms with Gasteiger partial charge in [0.15, 0.2) is 0 Å². The van der Waals surface area contributed by atoms with Crippen LogP contribution in [0.15, 0.2) is 84.9 Å². The lowest BCUT2D eigenvalue weighted by Gasteiger charge is -2.27. The Balaban J connectivity index is 1.86. The van der Waals surface area contributed by atoms with Crippen molar-refractivity contribution in [1.29, 1.82) is 0 Å². The third kappa shape index (κ3) is 4.69. The van der Waals surface area contributed by atoms with Crippen LogP contribution >= 0.6 is 0 Å². The molecule has 2 N–H and O–H groups in total. The first-order valence-electron chi connectivity index (χ1n) is 9.62. The molecule has 0 unspecified atom stereocenters. The van der Waals surface area contributed by atoms with Gasteiger partial charge in [-0.25, -0.2) is 0 Å². The highest BCUT2D eigenvalue weighted by atomic mass is 16.3. The topological polar surface area (TPSA) is 35.5 Å². The maximum Gasteiger partial charge on any atom is 0.103 e. The third-order valence-electron chi connectivity index (χ3n) is 4.93. The zero-order valence-electron chi connectivity index (χ0n) is 16.0. The summed E-state index contributed by atoms with van der Waals surface area (Å²) in [5.41, 5.74) is 4.17. The van der Waals surface area contributed by atoms with Crippen molar-refractivity contribution in [2.75, 3.05) is 23.3 Å². The summed E-state index contributed by atoms with van der Waals surface area (Å²) >= 11 is 0. The SMILES string of the molecule is CCN(CC)c1ccc(N[C@@H](c2ccccc2)[C@H](O)c2ccccc2)cc1. The largest absolute Gasteiger partial charge is 0.386 e. The number of anilines is 2. The van der Waals surface area contributed by atoms with Gasteiger partial charge in [-0.1, -0.05) is 60.7 Å². The summed E-state index contributed by atoms with van der Waals surface area (Å²) in [5.74, 6) is 0. The third-order valence-corrected chi connectivity index (χ3v) is 4.93. The highest BCUT2D eigenvalue weighted by molar-refractivity contribution is 5.56. The van der Waals surface area contributed by atoms with E-state index in [4.69, 9.17) is 0 Å². The van der Waals surface area contributed by atoms with E-state index in [0.717, 1.165) is 29.9 Å². The second kappa shape index (κ2) is 9.24. The minimum absolute atomic E-state index is 0.229. The zero-order valence-corrected chi connectivity index (χ0v) is 16.0. The van der Waals surface area contributed by atoms with E-state index in [9.17, 15) is 5.11 Å². The van der Waals surface area contributed by atoms with Crippen molar-refractivity contribution >= 4 is 11.4 Å². The minimum Gasteiger partial charge on any atom is -0.386 e. The van der Waals surface area contributed by atoms with E-state index in [-0.39, 0.29) is 6.04 Å². The van der Waals surface area contributed by atoms with Crippen LogP contribution in [0.25, 0.3) is 0 Å². The van der Waals surface area contributed by atoms with Gasteiger partial charge in [0.1, 0.15) is 6.10 Å². The van der Waals surface area contributed by atoms with Crippen LogP contribution in [0.1, 0.15) is 37.1 Å². The monoisotopic (exact) mass is 360 g/mol. The molecule has 2 atom stereocenters. The quantitative estimate of drug-likeness (QED) is 0.563. The van der Waals surface area contributed by atoms with Crippen LogP contribution in [0.4, 0.5) is 11.4 Å². The molecule has 3 aromatic rings. The number of rotatable bonds is 8. The number of nitrogens with zero attached hydrogens (tertiary/aromatic N) is 1. The second-order valence-corrected chi connectivity index (χ2v) is 6.61. The average Bonchev–Trinajstić information content (AvgIpc) is 2.74. The fourth-order valence-electron chi connectivity index (χ4n) is 3.38. The molecule has 140 valence electrons. The van der Waals surface area contributed by atoms with E-state index in [0.29, 0.717) is 0 Å². The van der Waals surface area contributed by atoms with Gasteiger partial charge in [-0.2, -0.15) is 0 Å². The second-order valence-electron chi connectivity index (χ2n) is 6.61. The molecule has 3 heteroatoms. The molecule has 0 aliphatic carbocycles. The fourth-order valence-corrected chi connectivity index (χ4v) is 3.38. The van der Waals surface area contributed by atoms with Gasteiger partial charge in [0.25, 0.3) is 0 Å². The van der Waals surface area contributed by atoms with Crippen LogP contribution in [0.3, 0.4) is 0 Å². The van der Waals surface area contributed by atoms with Crippen LogP contribution in [0, 0.1) is 0 Å². The molecule has 27 heavy (non-hydrogen) atoms. The lowest BCUT2D eigenvalue weighted by molar-refractivity contribution is 0.155. The average molecular weight is 361 g/mol. The van der Waals surface area contributed by atoms with E-state index < -0.39 is 6.10 Å². The molecule has 0 saturated heterocycles. The first-order valence-corrected chi connectivity index (χ1v) is 9.62. The van der Waals surface area contributed by atoms with Crippen LogP contribution in [0.2, 0.25) is 0 Å². The normalized spacial score (nSPS) is 13.0. The molecule has 0 fully saturated rings. The molecular formula is C24H28N2O. The van der Waals surface area contributed by atoms with Gasteiger partial charge in [0.05, 0.1) is 6.04 Å². The highest BCUT2D eigenvalue weighted by Gasteiger charge is 2.22. The number of aliphatic hydroxyl groups is 1. The van der Waals surface area contributed by atoms with Gasteiger partial charge in [0.2, 0.25) is 0 Å². The fraction of sp³-hybridized carbons (Fsp3) is 0.250. The Morgan fingerprint density at radius 1 is 0.741 bits per heavy atom. The summed E-state index contributed by atoms with van der Waals surface area (Å²) < 4.78 is 0. The number of hydrogen-bond acceptors (Lipinski definition) is 3. The van der Waals surface area contributed by atoms with Crippen molar-refractivity contribution in [1.82, 2.24) is 0 Å². The molecule has 0 saturated carbocycles. The Kier molecular flexibility index (Phi) is 6.50. The summed E-state index contributed by atoms with van der Waals surface area (Å²) in [6.07, 6.45) is -0.643. The van der Waals surface area contributed by atoms with Crippen molar-refractivity contribution in [3.8, 4) is 0 Å². The highest BCUT2D eigenvalue weighted by Crippen LogP contribution is 2.32. The van der Waals surface area contributed by atoms with Crippen LogP contribution < -0.4 is 10.2 Å². The zero-order chi connectivity index (χ0) is 19.1. The van der Waals surface area contributed by atoms with Gasteiger partial charge < -0.3 is 15.3 Å². The van der Waals surface area contributed by atoms with Gasteiger partial charge in [-0.3, -0.25) is 0 Å². The van der Waals surface area contributed by atoms with Crippen LogP contribution in [-0.4, -0.2) is 18.2 Å². The molecule has 3 rings (SSSR count). The molecule has 0 aromatic heterocycles. The molecular weight excluding hydrogens is 332 g/mol. The van der Waals surface area contributed by atoms with Crippen molar-refractivity contribution in [2.24, 2.45) is 0 Å². The molecule has 0 amide bonds. The molecule has 0 aliphatic rings. The summed E-state index contributed by atoms with van der Waals surface area (Å²) in [4.78, 5) is 2.32. The van der Waals surface area contributed by atoms with Gasteiger partial charge in [-0.05, 0) is 49.2 Å². The number of aliphatic hydroxyl groups excluding tert-OH is 1. The number of hydrogen-bond donors (Lipinski definition) is 2. The van der Waals surface area contributed by atoms with Crippen molar-refractivity contribution in [2.45, 2.75) is 26.0 Å². The molecule has 3 nitrogen and oxygen atoms in total. The van der Waals surface area contributed by atoms with Crippen LogP contribution in [0.5, 0.6) is 0 Å². The minimum atomic E-state index is -0.643. The van der Waals surface area contributed by atoms with Crippen molar-refractivity contribution in [3.63, 3.8) is 0 Å². The Morgan fingerprint density at radius 2 is 1.26 bits per heavy atom. The van der Waals surface area contributed by atoms with E-state index >= 15 is 0 Å². The molecule has 0 radical (unpaired) electrons. The van der Waals surface area contributed by atoms with E-state index in [1.807, 2.05) is 60.7 Å². The number of nitrogens with one attached hydrogen (secondary N) is 1. The maximum atomic E-state index is 11.0. The summed E-state index contributed by atoms with van der Waals surface area (Å²) in [5, 5.41) is 14.6. The predicted molar refractivity (Wildman–Crippen MR) is 114 cm³/mol. The van der Waals surface area contributed by atoms with E-state index in [1.165, 1.54) is 5.69 Å². The summed E-state index contributed by atoms with van der Waals surface area (Å²) in [7, 11) is 0. The lowest BCUT2D eigenvalue weighted by atomic mass is 9.95. The predicted octanol–water partition coefficient (Wildman–Crippen LogP) is 5.42. The van der Waals surface area contributed by atoms with Gasteiger partial charge in [-0.15, -0.1) is 0 Å². The Morgan fingerprint density at radius 3 is 1.78 bits per heavy atom. The first kappa shape index (κ1) is 19.0. The standard InChI is InChI=1S/C24H28N2O/c1-3-26(4-2)22-17-15-21(16-18-22)25-23(19-11-7-5-8-12-19)24(27)20-13-9-6-10-14-20/h5-18,23-25,27H,3-4H2,1-2H3/t23-,24+/m0/s1. The summed E-state index contributed by atoms with van der Waals surface area (Å²) in [6.45, 7) is 6.31. The van der Waals surface area contributed by atoms with E-state index in [2.05, 4.69) is 48.3 Å². The van der Waals surface area contributed by atoms with E-state index in [1.54, 1.807) is 0 Å². The van der Waals surface area contributed by atoms with Crippen molar-refractivity contribution < 1.29 is 5.11 Å². The molecule has 0 aliphatic heterocycles. The van der Waals surface area contributed by atoms with Crippen LogP contribution in [-0.2, 0) is 0 Å². The maximum absolute atomic E-state index is 11.0. The Hall–Kier alpha value is -2.78. The molecule has 0 spiro atoms. The van der Waals surface area contributed by atoms with Crippen molar-refractivity contribution in [3.05, 3.63) is 96.1 Å². The molecule has 3 aromatic carbocycles. The first-order chi connectivity index (χ1) is 13.2. The number of benzene rings is 3. The molecule has 0 bridgehead atoms.